The van der Waals surface area contributed by atoms with E-state index in [4.69, 9.17) is 0 Å². The second-order valence-corrected chi connectivity index (χ2v) is 8.86. The number of anilines is 2. The molecule has 2 heterocycles. The van der Waals surface area contributed by atoms with Crippen molar-refractivity contribution in [3.63, 3.8) is 0 Å². The summed E-state index contributed by atoms with van der Waals surface area (Å²) in [7, 11) is 0. The highest BCUT2D eigenvalue weighted by Crippen LogP contribution is 2.35. The summed E-state index contributed by atoms with van der Waals surface area (Å²) in [4.78, 5) is 18.9. The fourth-order valence-corrected chi connectivity index (χ4v) is 3.70. The van der Waals surface area contributed by atoms with Gasteiger partial charge in [0.2, 0.25) is 0 Å². The van der Waals surface area contributed by atoms with Gasteiger partial charge in [-0.15, -0.1) is 0 Å². The summed E-state index contributed by atoms with van der Waals surface area (Å²) in [5.74, 6) is 5.50. The zero-order valence-corrected chi connectivity index (χ0v) is 25.7. The number of benzene rings is 2. The lowest BCUT2D eigenvalue weighted by Gasteiger charge is -2.20. The molecule has 0 saturated heterocycles. The number of fused-ring (bicyclic) bond motifs is 1. The lowest BCUT2D eigenvalue weighted by molar-refractivity contribution is -0.137. The average Bonchev–Trinajstić information content (AvgIpc) is 3.43. The van der Waals surface area contributed by atoms with Gasteiger partial charge in [0.25, 0.3) is 5.91 Å². The van der Waals surface area contributed by atoms with E-state index in [0.717, 1.165) is 29.7 Å². The van der Waals surface area contributed by atoms with Crippen molar-refractivity contribution < 1.29 is 18.0 Å². The maximum absolute atomic E-state index is 13.7. The van der Waals surface area contributed by atoms with Gasteiger partial charge in [-0.25, -0.2) is 9.50 Å². The molecule has 9 heteroatoms. The predicted molar refractivity (Wildman–Crippen MR) is 169 cm³/mol. The van der Waals surface area contributed by atoms with Gasteiger partial charge in [0.05, 0.1) is 11.8 Å². The van der Waals surface area contributed by atoms with Crippen molar-refractivity contribution in [3.05, 3.63) is 113 Å². The Labute approximate surface area is 252 Å². The van der Waals surface area contributed by atoms with Crippen molar-refractivity contribution in [1.29, 1.82) is 0 Å². The molecule has 0 atom stereocenters. The topological polar surface area (TPSA) is 62.5 Å². The third-order valence-corrected chi connectivity index (χ3v) is 6.02. The van der Waals surface area contributed by atoms with E-state index < -0.39 is 17.6 Å². The van der Waals surface area contributed by atoms with Crippen LogP contribution in [0.1, 0.15) is 80.7 Å². The molecule has 226 valence electrons. The second-order valence-electron chi connectivity index (χ2n) is 8.86. The monoisotopic (exact) mass is 589 g/mol. The molecule has 0 aliphatic carbocycles. The lowest BCUT2D eigenvalue weighted by Crippen LogP contribution is -2.15. The van der Waals surface area contributed by atoms with Crippen molar-refractivity contribution in [3.8, 4) is 11.8 Å². The maximum Gasteiger partial charge on any atom is 0.416 e. The van der Waals surface area contributed by atoms with Crippen LogP contribution >= 0.6 is 0 Å². The number of allylic oxidation sites excluding steroid dienone is 1. The van der Waals surface area contributed by atoms with Gasteiger partial charge in [-0.05, 0) is 74.2 Å². The minimum atomic E-state index is -4.61. The third kappa shape index (κ3) is 9.07. The number of aryl methyl sites for hydroxylation is 1. The van der Waals surface area contributed by atoms with E-state index in [9.17, 15) is 18.0 Å². The average molecular weight is 590 g/mol. The standard InChI is InChI=1S/C30H26F3N5O.2C2H6/c1-5-20(3)19-37(6-2)27-16-24(30(31,32)33)15-25(17-27)36-29(39)23-10-9-21(4)22(14-23)11-12-26-18-34-28-8-7-13-35-38(26)28;2*1-2/h6-10,13-19H,2,5H2,1,3-4H3,(H,36,39);2*1-2H3/b20-19+;;. The normalized spacial score (nSPS) is 10.8. The van der Waals surface area contributed by atoms with E-state index in [1.54, 1.807) is 47.4 Å². The quantitative estimate of drug-likeness (QED) is 0.228. The zero-order valence-electron chi connectivity index (χ0n) is 25.7. The van der Waals surface area contributed by atoms with E-state index in [1.807, 2.05) is 54.5 Å². The minimum Gasteiger partial charge on any atom is -0.324 e. The molecular weight excluding hydrogens is 551 g/mol. The predicted octanol–water partition coefficient (Wildman–Crippen LogP) is 9.02. The number of hydrogen-bond donors (Lipinski definition) is 1. The van der Waals surface area contributed by atoms with Crippen LogP contribution in [-0.2, 0) is 6.18 Å². The van der Waals surface area contributed by atoms with Crippen LogP contribution in [0.2, 0.25) is 0 Å². The molecule has 0 radical (unpaired) electrons. The Morgan fingerprint density at radius 3 is 2.47 bits per heavy atom. The molecule has 0 unspecified atom stereocenters. The third-order valence-electron chi connectivity index (χ3n) is 6.02. The summed E-state index contributed by atoms with van der Waals surface area (Å²) in [6.45, 7) is 17.4. The molecule has 2 aromatic carbocycles. The highest BCUT2D eigenvalue weighted by Gasteiger charge is 2.32. The van der Waals surface area contributed by atoms with Crippen molar-refractivity contribution in [2.75, 3.05) is 10.2 Å². The van der Waals surface area contributed by atoms with Gasteiger partial charge in [-0.3, -0.25) is 4.79 Å². The molecule has 0 spiro atoms. The molecule has 0 aliphatic rings. The molecule has 4 aromatic rings. The number of halogens is 3. The molecule has 0 saturated carbocycles. The Kier molecular flexibility index (Phi) is 12.8. The Bertz CT molecular complexity index is 1640. The van der Waals surface area contributed by atoms with Crippen molar-refractivity contribution >= 4 is 22.9 Å². The molecule has 0 fully saturated rings. The van der Waals surface area contributed by atoms with E-state index in [2.05, 4.69) is 33.8 Å². The van der Waals surface area contributed by atoms with E-state index >= 15 is 0 Å². The van der Waals surface area contributed by atoms with Gasteiger partial charge >= 0.3 is 6.18 Å². The van der Waals surface area contributed by atoms with Gasteiger partial charge < -0.3 is 10.2 Å². The van der Waals surface area contributed by atoms with Crippen molar-refractivity contribution in [1.82, 2.24) is 14.6 Å². The van der Waals surface area contributed by atoms with Gasteiger partial charge in [0.15, 0.2) is 5.65 Å². The molecule has 1 N–H and O–H groups in total. The van der Waals surface area contributed by atoms with Crippen LogP contribution < -0.4 is 10.2 Å². The van der Waals surface area contributed by atoms with Crippen LogP contribution in [-0.4, -0.2) is 20.5 Å². The van der Waals surface area contributed by atoms with Gasteiger partial charge in [-0.2, -0.15) is 18.3 Å². The number of nitrogens with one attached hydrogen (secondary N) is 1. The summed E-state index contributed by atoms with van der Waals surface area (Å²) < 4.78 is 42.7. The molecule has 1 amide bonds. The van der Waals surface area contributed by atoms with Crippen molar-refractivity contribution in [2.24, 2.45) is 0 Å². The summed E-state index contributed by atoms with van der Waals surface area (Å²) >= 11 is 0. The van der Waals surface area contributed by atoms with Crippen LogP contribution in [0.3, 0.4) is 0 Å². The number of amides is 1. The molecule has 4 rings (SSSR count). The summed E-state index contributed by atoms with van der Waals surface area (Å²) in [5, 5.41) is 6.84. The first-order chi connectivity index (χ1) is 20.6. The minimum absolute atomic E-state index is 0.00393. The molecule has 2 aromatic heterocycles. The fourth-order valence-electron chi connectivity index (χ4n) is 3.70. The molecule has 6 nitrogen and oxygen atoms in total. The highest BCUT2D eigenvalue weighted by molar-refractivity contribution is 6.04. The Morgan fingerprint density at radius 2 is 1.81 bits per heavy atom. The lowest BCUT2D eigenvalue weighted by atomic mass is 10.0. The molecule has 43 heavy (non-hydrogen) atoms. The summed E-state index contributed by atoms with van der Waals surface area (Å²) in [5.41, 5.74) is 3.20. The number of aromatic nitrogens is 3. The van der Waals surface area contributed by atoms with E-state index in [1.165, 1.54) is 17.2 Å². The number of hydrogen-bond acceptors (Lipinski definition) is 4. The first-order valence-electron chi connectivity index (χ1n) is 14.1. The van der Waals surface area contributed by atoms with Crippen molar-refractivity contribution in [2.45, 2.75) is 61.1 Å². The zero-order chi connectivity index (χ0) is 32.2. The molecule has 0 aliphatic heterocycles. The molecular formula is C34H38F3N5O. The Hall–Kier alpha value is -4.84. The smallest absolute Gasteiger partial charge is 0.324 e. The Morgan fingerprint density at radius 1 is 1.09 bits per heavy atom. The van der Waals surface area contributed by atoms with E-state index in [-0.39, 0.29) is 16.9 Å². The first kappa shape index (κ1) is 34.4. The largest absolute Gasteiger partial charge is 0.416 e. The van der Waals surface area contributed by atoms with Crippen LogP contribution in [0, 0.1) is 18.8 Å². The number of carbonyl (C=O) groups excluding carboxylic acids is 1. The van der Waals surface area contributed by atoms with Crippen LogP contribution in [0.5, 0.6) is 0 Å². The van der Waals surface area contributed by atoms with Gasteiger partial charge in [-0.1, -0.05) is 58.8 Å². The SMILES string of the molecule is C=CN(/C=C(\C)CC)c1cc(NC(=O)c2ccc(C)c(C#Cc3cnc4cccnn34)c2)cc(C(F)(F)F)c1.CC.CC. The number of alkyl halides is 3. The van der Waals surface area contributed by atoms with Crippen LogP contribution in [0.15, 0.2) is 85.5 Å². The second kappa shape index (κ2) is 16.0. The highest BCUT2D eigenvalue weighted by atomic mass is 19.4. The maximum atomic E-state index is 13.7. The molecule has 0 bridgehead atoms. The number of imidazole rings is 1. The van der Waals surface area contributed by atoms with Crippen LogP contribution in [0.25, 0.3) is 5.65 Å². The van der Waals surface area contributed by atoms with Crippen LogP contribution in [0.4, 0.5) is 24.5 Å². The van der Waals surface area contributed by atoms with Gasteiger partial charge in [0.1, 0.15) is 5.69 Å². The summed E-state index contributed by atoms with van der Waals surface area (Å²) in [6, 6.07) is 11.9. The first-order valence-corrected chi connectivity index (χ1v) is 14.1. The Balaban J connectivity index is 0.00000155. The fraction of sp³-hybridized carbons (Fsp3) is 0.265. The number of nitrogens with zero attached hydrogens (tertiary/aromatic N) is 4. The number of rotatable bonds is 6. The van der Waals surface area contributed by atoms with Gasteiger partial charge in [0, 0.05) is 41.1 Å². The number of carbonyl (C=O) groups is 1. The summed E-state index contributed by atoms with van der Waals surface area (Å²) in [6.07, 6.45) is 2.48. The van der Waals surface area contributed by atoms with E-state index in [0.29, 0.717) is 16.9 Å².